The Labute approximate surface area is 102 Å². The lowest BCUT2D eigenvalue weighted by molar-refractivity contribution is -0.113. The van der Waals surface area contributed by atoms with E-state index in [4.69, 9.17) is 16.3 Å². The summed E-state index contributed by atoms with van der Waals surface area (Å²) < 4.78 is 6.14. The average Bonchev–Trinajstić information content (AvgIpc) is 2.22. The number of hydrogen-bond donors (Lipinski definition) is 1. The van der Waals surface area contributed by atoms with Gasteiger partial charge in [0.1, 0.15) is 11.6 Å². The van der Waals surface area contributed by atoms with E-state index >= 15 is 0 Å². The number of nitrogens with one attached hydrogen (secondary N) is 1. The van der Waals surface area contributed by atoms with Gasteiger partial charge in [0, 0.05) is 5.69 Å². The molecule has 0 radical (unpaired) electrons. The van der Waals surface area contributed by atoms with E-state index in [1.807, 2.05) is 6.92 Å². The molecule has 0 aromatic heterocycles. The number of rotatable bonds is 4. The molecule has 82 valence electrons. The Morgan fingerprint density at radius 3 is 2.87 bits per heavy atom. The molecule has 1 N–H and O–H groups in total. The molecule has 0 saturated heterocycles. The van der Waals surface area contributed by atoms with E-state index < -0.39 is 0 Å². The molecule has 0 heterocycles. The van der Waals surface area contributed by atoms with Gasteiger partial charge in [0.05, 0.1) is 11.1 Å². The van der Waals surface area contributed by atoms with Gasteiger partial charge in [0.2, 0.25) is 5.91 Å². The third kappa shape index (κ3) is 3.72. The first-order valence-corrected chi connectivity index (χ1v) is 5.78. The van der Waals surface area contributed by atoms with E-state index in [0.29, 0.717) is 12.3 Å². The van der Waals surface area contributed by atoms with Gasteiger partial charge in [-0.2, -0.15) is 0 Å². The van der Waals surface area contributed by atoms with Crippen LogP contribution in [0.4, 0.5) is 5.69 Å². The summed E-state index contributed by atoms with van der Waals surface area (Å²) in [5, 5.41) is 2.65. The van der Waals surface area contributed by atoms with Gasteiger partial charge in [-0.15, -0.1) is 11.6 Å². The SMILES string of the molecule is CCOc1ccc(NC(=O)CCl)cc1Br. The molecule has 0 aliphatic carbocycles. The fourth-order valence-electron chi connectivity index (χ4n) is 1.05. The normalized spacial score (nSPS) is 9.80. The van der Waals surface area contributed by atoms with Gasteiger partial charge in [0.25, 0.3) is 0 Å². The summed E-state index contributed by atoms with van der Waals surface area (Å²) in [5.41, 5.74) is 0.691. The van der Waals surface area contributed by atoms with Gasteiger partial charge >= 0.3 is 0 Å². The Hall–Kier alpha value is -0.740. The molecule has 1 aromatic rings. The predicted octanol–water partition coefficient (Wildman–Crippen LogP) is 3.03. The first kappa shape index (κ1) is 12.3. The van der Waals surface area contributed by atoms with Gasteiger partial charge < -0.3 is 10.1 Å². The third-order valence-electron chi connectivity index (χ3n) is 1.64. The van der Waals surface area contributed by atoms with Gasteiger partial charge in [-0.1, -0.05) is 0 Å². The molecule has 0 saturated carbocycles. The molecule has 1 aromatic carbocycles. The number of hydrogen-bond acceptors (Lipinski definition) is 2. The van der Waals surface area contributed by atoms with Crippen LogP contribution in [0.15, 0.2) is 22.7 Å². The summed E-state index contributed by atoms with van der Waals surface area (Å²) in [6, 6.07) is 5.33. The van der Waals surface area contributed by atoms with Crippen LogP contribution >= 0.6 is 27.5 Å². The Morgan fingerprint density at radius 2 is 2.33 bits per heavy atom. The molecule has 1 amide bonds. The maximum Gasteiger partial charge on any atom is 0.239 e. The zero-order valence-corrected chi connectivity index (χ0v) is 10.6. The zero-order chi connectivity index (χ0) is 11.3. The smallest absolute Gasteiger partial charge is 0.239 e. The summed E-state index contributed by atoms with van der Waals surface area (Å²) in [6.07, 6.45) is 0. The maximum absolute atomic E-state index is 11.0. The van der Waals surface area contributed by atoms with Crippen LogP contribution < -0.4 is 10.1 Å². The van der Waals surface area contributed by atoms with Crippen LogP contribution in [-0.2, 0) is 4.79 Å². The van der Waals surface area contributed by atoms with Crippen molar-refractivity contribution in [3.63, 3.8) is 0 Å². The number of anilines is 1. The van der Waals surface area contributed by atoms with Crippen molar-refractivity contribution in [2.24, 2.45) is 0 Å². The summed E-state index contributed by atoms with van der Waals surface area (Å²) in [7, 11) is 0. The quantitative estimate of drug-likeness (QED) is 0.866. The van der Waals surface area contributed by atoms with Crippen molar-refractivity contribution >= 4 is 39.1 Å². The molecule has 0 spiro atoms. The van der Waals surface area contributed by atoms with Gasteiger partial charge in [-0.05, 0) is 41.1 Å². The van der Waals surface area contributed by atoms with Crippen LogP contribution in [0.25, 0.3) is 0 Å². The number of halogens is 2. The maximum atomic E-state index is 11.0. The second kappa shape index (κ2) is 5.98. The minimum Gasteiger partial charge on any atom is -0.493 e. The number of alkyl halides is 1. The zero-order valence-electron chi connectivity index (χ0n) is 8.22. The van der Waals surface area contributed by atoms with Crippen molar-refractivity contribution in [1.82, 2.24) is 0 Å². The minimum absolute atomic E-state index is 0.0508. The molecule has 0 aliphatic heterocycles. The number of benzene rings is 1. The van der Waals surface area contributed by atoms with Crippen molar-refractivity contribution in [2.45, 2.75) is 6.92 Å². The molecular weight excluding hydrogens is 281 g/mol. The van der Waals surface area contributed by atoms with E-state index in [9.17, 15) is 4.79 Å². The van der Waals surface area contributed by atoms with Crippen LogP contribution in [0.2, 0.25) is 0 Å². The first-order valence-electron chi connectivity index (χ1n) is 4.45. The largest absolute Gasteiger partial charge is 0.493 e. The number of amides is 1. The van der Waals surface area contributed by atoms with Crippen LogP contribution in [0.1, 0.15) is 6.92 Å². The van der Waals surface area contributed by atoms with Crippen molar-refractivity contribution in [3.8, 4) is 5.75 Å². The molecule has 0 fully saturated rings. The number of carbonyl (C=O) groups excluding carboxylic acids is 1. The summed E-state index contributed by atoms with van der Waals surface area (Å²) in [4.78, 5) is 11.0. The topological polar surface area (TPSA) is 38.3 Å². The van der Waals surface area contributed by atoms with Gasteiger partial charge in [-0.3, -0.25) is 4.79 Å². The molecule has 0 bridgehead atoms. The van der Waals surface area contributed by atoms with Gasteiger partial charge in [-0.25, -0.2) is 0 Å². The van der Waals surface area contributed by atoms with Crippen molar-refractivity contribution in [2.75, 3.05) is 17.8 Å². The lowest BCUT2D eigenvalue weighted by Crippen LogP contribution is -2.12. The molecule has 3 nitrogen and oxygen atoms in total. The molecule has 15 heavy (non-hydrogen) atoms. The van der Waals surface area contributed by atoms with Crippen molar-refractivity contribution < 1.29 is 9.53 Å². The fraction of sp³-hybridized carbons (Fsp3) is 0.300. The molecule has 5 heteroatoms. The molecule has 1 rings (SSSR count). The van der Waals surface area contributed by atoms with Crippen LogP contribution in [0.3, 0.4) is 0 Å². The molecule has 0 aliphatic rings. The van der Waals surface area contributed by atoms with Crippen molar-refractivity contribution in [1.29, 1.82) is 0 Å². The van der Waals surface area contributed by atoms with E-state index in [2.05, 4.69) is 21.2 Å². The summed E-state index contributed by atoms with van der Waals surface area (Å²) >= 11 is 8.72. The lowest BCUT2D eigenvalue weighted by atomic mass is 10.3. The summed E-state index contributed by atoms with van der Waals surface area (Å²) in [5.74, 6) is 0.472. The monoisotopic (exact) mass is 291 g/mol. The molecule has 0 atom stereocenters. The van der Waals surface area contributed by atoms with E-state index in [1.54, 1.807) is 18.2 Å². The van der Waals surface area contributed by atoms with E-state index in [-0.39, 0.29) is 11.8 Å². The van der Waals surface area contributed by atoms with Crippen LogP contribution in [0, 0.1) is 0 Å². The number of carbonyl (C=O) groups is 1. The average molecular weight is 293 g/mol. The predicted molar refractivity (Wildman–Crippen MR) is 64.7 cm³/mol. The minimum atomic E-state index is -0.229. The highest BCUT2D eigenvalue weighted by Gasteiger charge is 2.04. The van der Waals surface area contributed by atoms with Crippen LogP contribution in [-0.4, -0.2) is 18.4 Å². The third-order valence-corrected chi connectivity index (χ3v) is 2.50. The highest BCUT2D eigenvalue weighted by Crippen LogP contribution is 2.28. The molecule has 0 unspecified atom stereocenters. The fourth-order valence-corrected chi connectivity index (χ4v) is 1.61. The number of ether oxygens (including phenoxy) is 1. The Balaban J connectivity index is 2.77. The second-order valence-electron chi connectivity index (χ2n) is 2.76. The van der Waals surface area contributed by atoms with Crippen LogP contribution in [0.5, 0.6) is 5.75 Å². The van der Waals surface area contributed by atoms with Gasteiger partial charge in [0.15, 0.2) is 0 Å². The van der Waals surface area contributed by atoms with E-state index in [1.165, 1.54) is 0 Å². The Bertz CT molecular complexity index is 357. The lowest BCUT2D eigenvalue weighted by Gasteiger charge is -2.08. The Kier molecular flexibility index (Phi) is 4.91. The summed E-state index contributed by atoms with van der Waals surface area (Å²) in [6.45, 7) is 2.52. The standard InChI is InChI=1S/C10H11BrClNO2/c1-2-15-9-4-3-7(5-8(9)11)13-10(14)6-12/h3-5H,2,6H2,1H3,(H,13,14). The van der Waals surface area contributed by atoms with E-state index in [0.717, 1.165) is 10.2 Å². The highest BCUT2D eigenvalue weighted by molar-refractivity contribution is 9.10. The first-order chi connectivity index (χ1) is 7.17. The Morgan fingerprint density at radius 1 is 1.60 bits per heavy atom. The molecular formula is C10H11BrClNO2. The van der Waals surface area contributed by atoms with Crippen molar-refractivity contribution in [3.05, 3.63) is 22.7 Å². The second-order valence-corrected chi connectivity index (χ2v) is 3.88. The highest BCUT2D eigenvalue weighted by atomic mass is 79.9.